The van der Waals surface area contributed by atoms with Crippen molar-refractivity contribution in [3.8, 4) is 11.4 Å². The number of carbonyl (C=O) groups excluding carboxylic acids is 2. The zero-order chi connectivity index (χ0) is 23.4. The first-order valence-electron chi connectivity index (χ1n) is 10.7. The van der Waals surface area contributed by atoms with Crippen LogP contribution in [0.1, 0.15) is 34.7 Å². The summed E-state index contributed by atoms with van der Waals surface area (Å²) in [5.41, 5.74) is 2.68. The fourth-order valence-electron chi connectivity index (χ4n) is 3.95. The predicted octanol–water partition coefficient (Wildman–Crippen LogP) is 4.44. The van der Waals surface area contributed by atoms with E-state index in [1.807, 2.05) is 24.3 Å². The summed E-state index contributed by atoms with van der Waals surface area (Å²) in [5, 5.41) is 7.07. The molecule has 0 aliphatic carbocycles. The lowest BCUT2D eigenvalue weighted by Gasteiger charge is -2.30. The van der Waals surface area contributed by atoms with Crippen LogP contribution in [0.25, 0.3) is 11.4 Å². The Morgan fingerprint density at radius 3 is 2.70 bits per heavy atom. The van der Waals surface area contributed by atoms with Crippen molar-refractivity contribution in [2.45, 2.75) is 26.3 Å². The molecule has 0 radical (unpaired) electrons. The number of aromatic nitrogens is 2. The smallest absolute Gasteiger partial charge is 0.338 e. The maximum absolute atomic E-state index is 12.8. The van der Waals surface area contributed by atoms with E-state index in [0.717, 1.165) is 36.0 Å². The van der Waals surface area contributed by atoms with Crippen molar-refractivity contribution in [3.63, 3.8) is 0 Å². The van der Waals surface area contributed by atoms with Crippen LogP contribution in [0, 0.1) is 12.8 Å². The number of halogens is 1. The van der Waals surface area contributed by atoms with Crippen molar-refractivity contribution >= 4 is 33.5 Å². The number of nitrogens with one attached hydrogen (secondary N) is 1. The molecule has 0 bridgehead atoms. The van der Waals surface area contributed by atoms with Crippen molar-refractivity contribution in [2.24, 2.45) is 5.92 Å². The number of nitrogens with zero attached hydrogens (tertiary/aromatic N) is 3. The maximum Gasteiger partial charge on any atom is 0.338 e. The molecule has 172 valence electrons. The minimum Gasteiger partial charge on any atom is -0.465 e. The number of hydrogen-bond acceptors (Lipinski definition) is 7. The second kappa shape index (κ2) is 10.3. The number of hydrogen-bond donors (Lipinski definition) is 1. The van der Waals surface area contributed by atoms with Gasteiger partial charge in [-0.15, -0.1) is 0 Å². The van der Waals surface area contributed by atoms with E-state index in [2.05, 4.69) is 36.3 Å². The number of rotatable bonds is 6. The van der Waals surface area contributed by atoms with E-state index < -0.39 is 5.97 Å². The van der Waals surface area contributed by atoms with Gasteiger partial charge in [-0.3, -0.25) is 9.69 Å². The highest BCUT2D eigenvalue weighted by molar-refractivity contribution is 9.10. The van der Waals surface area contributed by atoms with Gasteiger partial charge >= 0.3 is 5.97 Å². The maximum atomic E-state index is 12.8. The molecule has 0 unspecified atom stereocenters. The van der Waals surface area contributed by atoms with Gasteiger partial charge in [-0.2, -0.15) is 4.98 Å². The molecule has 1 aliphatic rings. The molecule has 1 fully saturated rings. The molecule has 1 amide bonds. The first kappa shape index (κ1) is 23.1. The van der Waals surface area contributed by atoms with Crippen LogP contribution in [0.2, 0.25) is 0 Å². The lowest BCUT2D eigenvalue weighted by Crippen LogP contribution is -2.38. The molecular formula is C24H25BrN4O4. The molecule has 0 atom stereocenters. The number of amides is 1. The minimum absolute atomic E-state index is 0.0329. The summed E-state index contributed by atoms with van der Waals surface area (Å²) in [6.45, 7) is 3.87. The van der Waals surface area contributed by atoms with Gasteiger partial charge in [0.2, 0.25) is 17.6 Å². The highest BCUT2D eigenvalue weighted by Crippen LogP contribution is 2.25. The van der Waals surface area contributed by atoms with E-state index in [-0.39, 0.29) is 11.8 Å². The Kier molecular flexibility index (Phi) is 7.20. The number of esters is 1. The van der Waals surface area contributed by atoms with Crippen molar-refractivity contribution < 1.29 is 18.8 Å². The second-order valence-electron chi connectivity index (χ2n) is 8.03. The SMILES string of the molecule is COC(=O)c1cccc(NC(=O)C2CCN(Cc3nc(-c4cccc(Br)c4)no3)CC2)c1C. The van der Waals surface area contributed by atoms with Crippen molar-refractivity contribution in [3.05, 3.63) is 64.0 Å². The molecule has 33 heavy (non-hydrogen) atoms. The number of likely N-dealkylation sites (tertiary alicyclic amines) is 1. The minimum atomic E-state index is -0.416. The standard InChI is InChI=1S/C24H25BrN4O4/c1-15-19(24(31)32-2)7-4-8-20(15)26-23(30)16-9-11-29(12-10-16)14-21-27-22(28-33-21)17-5-3-6-18(25)13-17/h3-8,13,16H,9-12,14H2,1-2H3,(H,26,30). The van der Waals surface area contributed by atoms with Gasteiger partial charge in [-0.1, -0.05) is 39.3 Å². The summed E-state index contributed by atoms with van der Waals surface area (Å²) in [6, 6.07) is 13.0. The van der Waals surface area contributed by atoms with Gasteiger partial charge in [0.05, 0.1) is 19.2 Å². The van der Waals surface area contributed by atoms with Gasteiger partial charge in [-0.25, -0.2) is 4.79 Å². The van der Waals surface area contributed by atoms with Crippen LogP contribution in [0.4, 0.5) is 5.69 Å². The Bertz CT molecular complexity index is 1150. The van der Waals surface area contributed by atoms with E-state index in [0.29, 0.717) is 35.1 Å². The van der Waals surface area contributed by atoms with Gasteiger partial charge in [0.1, 0.15) is 0 Å². The largest absolute Gasteiger partial charge is 0.465 e. The third-order valence-electron chi connectivity index (χ3n) is 5.87. The number of anilines is 1. The van der Waals surface area contributed by atoms with Crippen LogP contribution < -0.4 is 5.32 Å². The van der Waals surface area contributed by atoms with Crippen LogP contribution in [0.15, 0.2) is 51.5 Å². The zero-order valence-corrected chi connectivity index (χ0v) is 20.1. The molecule has 0 saturated carbocycles. The summed E-state index contributed by atoms with van der Waals surface area (Å²) in [4.78, 5) is 31.5. The zero-order valence-electron chi connectivity index (χ0n) is 18.5. The van der Waals surface area contributed by atoms with Crippen LogP contribution in [-0.2, 0) is 16.1 Å². The van der Waals surface area contributed by atoms with Crippen LogP contribution in [-0.4, -0.2) is 47.1 Å². The highest BCUT2D eigenvalue weighted by atomic mass is 79.9. The van der Waals surface area contributed by atoms with Crippen molar-refractivity contribution in [1.82, 2.24) is 15.0 Å². The number of piperidine rings is 1. The molecule has 9 heteroatoms. The number of ether oxygens (including phenoxy) is 1. The van der Waals surface area contributed by atoms with E-state index in [4.69, 9.17) is 9.26 Å². The molecule has 1 aliphatic heterocycles. The first-order valence-corrected chi connectivity index (χ1v) is 11.5. The number of benzene rings is 2. The van der Waals surface area contributed by atoms with Crippen molar-refractivity contribution in [2.75, 3.05) is 25.5 Å². The third kappa shape index (κ3) is 5.48. The quantitative estimate of drug-likeness (QED) is 0.487. The Labute approximate surface area is 200 Å². The lowest BCUT2D eigenvalue weighted by molar-refractivity contribution is -0.121. The van der Waals surface area contributed by atoms with Gasteiger partial charge in [0, 0.05) is 21.6 Å². The fourth-order valence-corrected chi connectivity index (χ4v) is 4.34. The summed E-state index contributed by atoms with van der Waals surface area (Å²) < 4.78 is 11.2. The fraction of sp³-hybridized carbons (Fsp3) is 0.333. The summed E-state index contributed by atoms with van der Waals surface area (Å²) in [7, 11) is 1.34. The number of carbonyl (C=O) groups is 2. The molecule has 0 spiro atoms. The van der Waals surface area contributed by atoms with Gasteiger partial charge in [-0.05, 0) is 62.7 Å². The van der Waals surface area contributed by atoms with Crippen molar-refractivity contribution in [1.29, 1.82) is 0 Å². The molecule has 2 heterocycles. The molecule has 2 aromatic carbocycles. The van der Waals surface area contributed by atoms with E-state index in [9.17, 15) is 9.59 Å². The number of methoxy groups -OCH3 is 1. The molecule has 1 N–H and O–H groups in total. The Balaban J connectivity index is 1.31. The first-order chi connectivity index (χ1) is 15.9. The summed E-state index contributed by atoms with van der Waals surface area (Å²) >= 11 is 3.45. The van der Waals surface area contributed by atoms with Crippen LogP contribution in [0.5, 0.6) is 0 Å². The molecule has 1 aromatic heterocycles. The van der Waals surface area contributed by atoms with E-state index >= 15 is 0 Å². The van der Waals surface area contributed by atoms with Gasteiger partial charge in [0.15, 0.2) is 0 Å². The van der Waals surface area contributed by atoms with Gasteiger partial charge < -0.3 is 14.6 Å². The predicted molar refractivity (Wildman–Crippen MR) is 127 cm³/mol. The van der Waals surface area contributed by atoms with Crippen LogP contribution >= 0.6 is 15.9 Å². The average Bonchev–Trinajstić information content (AvgIpc) is 3.29. The average molecular weight is 513 g/mol. The topological polar surface area (TPSA) is 97.6 Å². The Morgan fingerprint density at radius 1 is 1.21 bits per heavy atom. The van der Waals surface area contributed by atoms with E-state index in [1.165, 1.54) is 7.11 Å². The lowest BCUT2D eigenvalue weighted by atomic mass is 9.95. The Hall–Kier alpha value is -3.04. The third-order valence-corrected chi connectivity index (χ3v) is 6.36. The monoisotopic (exact) mass is 512 g/mol. The van der Waals surface area contributed by atoms with E-state index in [1.54, 1.807) is 25.1 Å². The molecule has 4 rings (SSSR count). The molecule has 8 nitrogen and oxygen atoms in total. The summed E-state index contributed by atoms with van der Waals surface area (Å²) in [6.07, 6.45) is 1.46. The van der Waals surface area contributed by atoms with Gasteiger partial charge in [0.25, 0.3) is 0 Å². The summed E-state index contributed by atoms with van der Waals surface area (Å²) in [5.74, 6) is 0.575. The second-order valence-corrected chi connectivity index (χ2v) is 8.95. The molecular weight excluding hydrogens is 488 g/mol. The Morgan fingerprint density at radius 2 is 1.97 bits per heavy atom. The normalized spacial score (nSPS) is 14.8. The highest BCUT2D eigenvalue weighted by Gasteiger charge is 2.27. The molecule has 3 aromatic rings. The molecule has 1 saturated heterocycles. The van der Waals surface area contributed by atoms with Crippen LogP contribution in [0.3, 0.4) is 0 Å².